The molecular formula is C15H27NO2. The first-order valence-corrected chi connectivity index (χ1v) is 6.96. The van der Waals surface area contributed by atoms with Crippen LogP contribution >= 0.6 is 0 Å². The Balaban J connectivity index is 2.63. The van der Waals surface area contributed by atoms with Crippen LogP contribution in [0.15, 0.2) is 12.7 Å². The fraction of sp³-hybridized carbons (Fsp3) is 0.800. The van der Waals surface area contributed by atoms with E-state index in [1.165, 1.54) is 19.3 Å². The number of nitrogens with two attached hydrogens (primary N) is 1. The van der Waals surface area contributed by atoms with E-state index in [2.05, 4.69) is 6.58 Å². The van der Waals surface area contributed by atoms with Gasteiger partial charge in [-0.1, -0.05) is 25.3 Å². The molecule has 0 bridgehead atoms. The highest BCUT2D eigenvalue weighted by Crippen LogP contribution is 2.29. The first kappa shape index (κ1) is 15.2. The van der Waals surface area contributed by atoms with Crippen molar-refractivity contribution in [2.45, 2.75) is 64.5 Å². The van der Waals surface area contributed by atoms with Gasteiger partial charge in [0, 0.05) is 6.04 Å². The van der Waals surface area contributed by atoms with Gasteiger partial charge in [0.15, 0.2) is 0 Å². The molecule has 0 saturated heterocycles. The maximum Gasteiger partial charge on any atom is 0.314 e. The highest BCUT2D eigenvalue weighted by Gasteiger charge is 2.33. The second-order valence-corrected chi connectivity index (χ2v) is 6.27. The monoisotopic (exact) mass is 253 g/mol. The molecular weight excluding hydrogens is 226 g/mol. The lowest BCUT2D eigenvalue weighted by Crippen LogP contribution is -2.43. The highest BCUT2D eigenvalue weighted by atomic mass is 16.6. The van der Waals surface area contributed by atoms with Crippen LogP contribution in [0.3, 0.4) is 0 Å². The quantitative estimate of drug-likeness (QED) is 0.619. The lowest BCUT2D eigenvalue weighted by molar-refractivity contribution is -0.159. The van der Waals surface area contributed by atoms with Crippen LogP contribution < -0.4 is 5.73 Å². The van der Waals surface area contributed by atoms with Gasteiger partial charge in [-0.05, 0) is 39.5 Å². The summed E-state index contributed by atoms with van der Waals surface area (Å²) in [6.07, 6.45) is 7.61. The standard InChI is InChI=1S/C15H27NO2/c1-5-12(14(17)18-15(2,3)4)13(16)11-9-7-6-8-10-11/h5,11-13H,1,6-10,16H2,2-4H3. The molecule has 0 aliphatic heterocycles. The number of carbonyl (C=O) groups is 1. The van der Waals surface area contributed by atoms with Crippen molar-refractivity contribution >= 4 is 5.97 Å². The van der Waals surface area contributed by atoms with Crippen LogP contribution in [-0.4, -0.2) is 17.6 Å². The van der Waals surface area contributed by atoms with Gasteiger partial charge in [0.2, 0.25) is 0 Å². The fourth-order valence-electron chi connectivity index (χ4n) is 2.59. The Morgan fingerprint density at radius 2 is 1.89 bits per heavy atom. The Morgan fingerprint density at radius 3 is 2.33 bits per heavy atom. The third-order valence-corrected chi connectivity index (χ3v) is 3.54. The zero-order valence-corrected chi connectivity index (χ0v) is 11.9. The Morgan fingerprint density at radius 1 is 1.33 bits per heavy atom. The van der Waals surface area contributed by atoms with Gasteiger partial charge in [-0.2, -0.15) is 0 Å². The average Bonchev–Trinajstić information content (AvgIpc) is 2.28. The van der Waals surface area contributed by atoms with E-state index in [9.17, 15) is 4.79 Å². The Hall–Kier alpha value is -0.830. The van der Waals surface area contributed by atoms with Gasteiger partial charge in [0.25, 0.3) is 0 Å². The molecule has 0 aromatic carbocycles. The van der Waals surface area contributed by atoms with Gasteiger partial charge in [-0.3, -0.25) is 4.79 Å². The third-order valence-electron chi connectivity index (χ3n) is 3.54. The maximum atomic E-state index is 12.1. The van der Waals surface area contributed by atoms with Crippen LogP contribution in [0.2, 0.25) is 0 Å². The Bertz CT molecular complexity index is 287. The predicted octanol–water partition coefficient (Wildman–Crippen LogP) is 3.04. The molecule has 0 spiro atoms. The SMILES string of the molecule is C=CC(C(=O)OC(C)(C)C)C(N)C1CCCCC1. The summed E-state index contributed by atoms with van der Waals surface area (Å²) in [5.41, 5.74) is 5.78. The second-order valence-electron chi connectivity index (χ2n) is 6.27. The van der Waals surface area contributed by atoms with Crippen LogP contribution in [0.25, 0.3) is 0 Å². The van der Waals surface area contributed by atoms with Crippen molar-refractivity contribution < 1.29 is 9.53 Å². The lowest BCUT2D eigenvalue weighted by Gasteiger charge is -2.32. The first-order chi connectivity index (χ1) is 8.35. The van der Waals surface area contributed by atoms with Gasteiger partial charge < -0.3 is 10.5 Å². The third kappa shape index (κ3) is 4.45. The summed E-state index contributed by atoms with van der Waals surface area (Å²) < 4.78 is 5.41. The van der Waals surface area contributed by atoms with Gasteiger partial charge in [0.05, 0.1) is 5.92 Å². The van der Waals surface area contributed by atoms with E-state index in [4.69, 9.17) is 10.5 Å². The van der Waals surface area contributed by atoms with Crippen LogP contribution in [0, 0.1) is 11.8 Å². The molecule has 0 aromatic heterocycles. The molecule has 0 radical (unpaired) electrons. The molecule has 3 nitrogen and oxygen atoms in total. The number of esters is 1. The summed E-state index contributed by atoms with van der Waals surface area (Å²) in [7, 11) is 0. The summed E-state index contributed by atoms with van der Waals surface area (Å²) in [5.74, 6) is -0.197. The summed E-state index contributed by atoms with van der Waals surface area (Å²) >= 11 is 0. The maximum absolute atomic E-state index is 12.1. The minimum absolute atomic E-state index is 0.155. The molecule has 0 aromatic rings. The number of hydrogen-bond acceptors (Lipinski definition) is 3. The van der Waals surface area contributed by atoms with Crippen molar-refractivity contribution in [1.29, 1.82) is 0 Å². The molecule has 0 heterocycles. The van der Waals surface area contributed by atoms with E-state index in [0.29, 0.717) is 5.92 Å². The van der Waals surface area contributed by atoms with Gasteiger partial charge in [-0.25, -0.2) is 0 Å². The molecule has 1 aliphatic carbocycles. The minimum atomic E-state index is -0.468. The molecule has 3 heteroatoms. The summed E-state index contributed by atoms with van der Waals surface area (Å²) in [6.45, 7) is 9.36. The van der Waals surface area contributed by atoms with Crippen molar-refractivity contribution in [3.63, 3.8) is 0 Å². The van der Waals surface area contributed by atoms with Crippen LogP contribution in [0.5, 0.6) is 0 Å². The molecule has 1 rings (SSSR count). The first-order valence-electron chi connectivity index (χ1n) is 6.96. The number of hydrogen-bond donors (Lipinski definition) is 1. The molecule has 104 valence electrons. The summed E-state index contributed by atoms with van der Waals surface area (Å²) in [5, 5.41) is 0. The molecule has 2 atom stereocenters. The zero-order chi connectivity index (χ0) is 13.8. The summed E-state index contributed by atoms with van der Waals surface area (Å²) in [6, 6.07) is -0.155. The van der Waals surface area contributed by atoms with E-state index in [-0.39, 0.29) is 17.9 Å². The van der Waals surface area contributed by atoms with E-state index in [1.807, 2.05) is 20.8 Å². The zero-order valence-electron chi connectivity index (χ0n) is 11.9. The Labute approximate surface area is 111 Å². The van der Waals surface area contributed by atoms with Gasteiger partial charge in [-0.15, -0.1) is 6.58 Å². The molecule has 2 unspecified atom stereocenters. The van der Waals surface area contributed by atoms with Crippen molar-refractivity contribution in [1.82, 2.24) is 0 Å². The normalized spacial score (nSPS) is 21.1. The molecule has 1 fully saturated rings. The molecule has 1 saturated carbocycles. The molecule has 2 N–H and O–H groups in total. The highest BCUT2D eigenvalue weighted by molar-refractivity contribution is 5.75. The topological polar surface area (TPSA) is 52.3 Å². The number of rotatable bonds is 4. The number of carbonyl (C=O) groups excluding carboxylic acids is 1. The largest absolute Gasteiger partial charge is 0.459 e. The molecule has 18 heavy (non-hydrogen) atoms. The predicted molar refractivity (Wildman–Crippen MR) is 74.1 cm³/mol. The van der Waals surface area contributed by atoms with Crippen LogP contribution in [0.1, 0.15) is 52.9 Å². The van der Waals surface area contributed by atoms with Crippen molar-refractivity contribution in [2.75, 3.05) is 0 Å². The van der Waals surface area contributed by atoms with Crippen molar-refractivity contribution in [3.05, 3.63) is 12.7 Å². The smallest absolute Gasteiger partial charge is 0.314 e. The van der Waals surface area contributed by atoms with Crippen LogP contribution in [-0.2, 0) is 9.53 Å². The average molecular weight is 253 g/mol. The van der Waals surface area contributed by atoms with Gasteiger partial charge >= 0.3 is 5.97 Å². The van der Waals surface area contributed by atoms with Gasteiger partial charge in [0.1, 0.15) is 5.60 Å². The minimum Gasteiger partial charge on any atom is -0.459 e. The van der Waals surface area contributed by atoms with E-state index >= 15 is 0 Å². The second kappa shape index (κ2) is 6.37. The fourth-order valence-corrected chi connectivity index (χ4v) is 2.59. The van der Waals surface area contributed by atoms with E-state index in [1.54, 1.807) is 6.08 Å². The van der Waals surface area contributed by atoms with Crippen molar-refractivity contribution in [2.24, 2.45) is 17.6 Å². The summed E-state index contributed by atoms with van der Waals surface area (Å²) in [4.78, 5) is 12.1. The number of ether oxygens (including phenoxy) is 1. The lowest BCUT2D eigenvalue weighted by atomic mass is 9.79. The molecule has 1 aliphatic rings. The molecule has 0 amide bonds. The Kier molecular flexibility index (Phi) is 5.39. The van der Waals surface area contributed by atoms with Crippen molar-refractivity contribution in [3.8, 4) is 0 Å². The van der Waals surface area contributed by atoms with E-state index < -0.39 is 5.60 Å². The van der Waals surface area contributed by atoms with Crippen LogP contribution in [0.4, 0.5) is 0 Å². The van der Waals surface area contributed by atoms with E-state index in [0.717, 1.165) is 12.8 Å².